The molecular formula is C18H14ClFN4O. The van der Waals surface area contributed by atoms with Crippen molar-refractivity contribution in [3.63, 3.8) is 0 Å². The van der Waals surface area contributed by atoms with Crippen LogP contribution in [0.5, 0.6) is 0 Å². The monoisotopic (exact) mass is 356 g/mol. The SMILES string of the molecule is Cc1nc(Nc2cccc(F)c2)cc(C(=O)Nc2cccc(Cl)c2)n1. The standard InChI is InChI=1S/C18H14ClFN4O/c1-11-21-16(18(25)24-14-6-2-4-12(19)8-14)10-17(22-11)23-15-7-3-5-13(20)9-15/h2-10H,1H3,(H,24,25)(H,21,22,23). The fourth-order valence-electron chi connectivity index (χ4n) is 2.22. The minimum absolute atomic E-state index is 0.186. The first kappa shape index (κ1) is 16.9. The van der Waals surface area contributed by atoms with Crippen LogP contribution >= 0.6 is 11.6 Å². The molecule has 1 heterocycles. The van der Waals surface area contributed by atoms with Gasteiger partial charge in [0.15, 0.2) is 0 Å². The van der Waals surface area contributed by atoms with Crippen LogP contribution in [0.15, 0.2) is 54.6 Å². The fraction of sp³-hybridized carbons (Fsp3) is 0.0556. The van der Waals surface area contributed by atoms with Crippen molar-refractivity contribution in [1.29, 1.82) is 0 Å². The van der Waals surface area contributed by atoms with Crippen molar-refractivity contribution in [2.75, 3.05) is 10.6 Å². The molecule has 25 heavy (non-hydrogen) atoms. The molecule has 0 aliphatic carbocycles. The zero-order chi connectivity index (χ0) is 17.8. The first-order valence-electron chi connectivity index (χ1n) is 7.45. The van der Waals surface area contributed by atoms with E-state index < -0.39 is 5.91 Å². The lowest BCUT2D eigenvalue weighted by atomic mass is 10.3. The number of amides is 1. The Morgan fingerprint density at radius 3 is 2.56 bits per heavy atom. The molecule has 1 amide bonds. The van der Waals surface area contributed by atoms with Gasteiger partial charge in [-0.3, -0.25) is 4.79 Å². The van der Waals surface area contributed by atoms with Crippen LogP contribution < -0.4 is 10.6 Å². The third-order valence-corrected chi connectivity index (χ3v) is 3.49. The van der Waals surface area contributed by atoms with Crippen LogP contribution in [-0.4, -0.2) is 15.9 Å². The summed E-state index contributed by atoms with van der Waals surface area (Å²) in [4.78, 5) is 20.8. The number of carbonyl (C=O) groups excluding carboxylic acids is 1. The van der Waals surface area contributed by atoms with Gasteiger partial charge in [-0.15, -0.1) is 0 Å². The molecule has 7 heteroatoms. The number of hydrogen-bond donors (Lipinski definition) is 2. The Balaban J connectivity index is 1.82. The lowest BCUT2D eigenvalue weighted by Crippen LogP contribution is -2.15. The van der Waals surface area contributed by atoms with Crippen LogP contribution in [0.3, 0.4) is 0 Å². The zero-order valence-electron chi connectivity index (χ0n) is 13.3. The van der Waals surface area contributed by atoms with Gasteiger partial charge in [0.1, 0.15) is 23.2 Å². The van der Waals surface area contributed by atoms with Crippen molar-refractivity contribution >= 4 is 34.7 Å². The highest BCUT2D eigenvalue weighted by molar-refractivity contribution is 6.30. The van der Waals surface area contributed by atoms with Gasteiger partial charge in [0.05, 0.1) is 0 Å². The number of benzene rings is 2. The van der Waals surface area contributed by atoms with Crippen molar-refractivity contribution < 1.29 is 9.18 Å². The zero-order valence-corrected chi connectivity index (χ0v) is 14.0. The summed E-state index contributed by atoms with van der Waals surface area (Å²) in [6.07, 6.45) is 0. The Labute approximate surface area is 148 Å². The molecule has 0 saturated carbocycles. The predicted molar refractivity (Wildman–Crippen MR) is 95.9 cm³/mol. The maximum atomic E-state index is 13.3. The molecule has 3 aromatic rings. The van der Waals surface area contributed by atoms with Gasteiger partial charge < -0.3 is 10.6 Å². The summed E-state index contributed by atoms with van der Waals surface area (Å²) in [5.41, 5.74) is 1.28. The second-order valence-corrected chi connectivity index (χ2v) is 5.72. The summed E-state index contributed by atoms with van der Waals surface area (Å²) in [6.45, 7) is 1.67. The minimum atomic E-state index is -0.393. The molecule has 0 aliphatic rings. The van der Waals surface area contributed by atoms with Crippen molar-refractivity contribution in [2.24, 2.45) is 0 Å². The number of anilines is 3. The third kappa shape index (κ3) is 4.51. The van der Waals surface area contributed by atoms with E-state index in [9.17, 15) is 9.18 Å². The molecule has 0 aliphatic heterocycles. The summed E-state index contributed by atoms with van der Waals surface area (Å²) >= 11 is 5.91. The van der Waals surface area contributed by atoms with Crippen molar-refractivity contribution in [1.82, 2.24) is 9.97 Å². The average Bonchev–Trinajstić information content (AvgIpc) is 2.54. The maximum absolute atomic E-state index is 13.3. The Bertz CT molecular complexity index is 932. The van der Waals surface area contributed by atoms with Crippen molar-refractivity contribution in [3.05, 3.63) is 77.0 Å². The van der Waals surface area contributed by atoms with E-state index >= 15 is 0 Å². The normalized spacial score (nSPS) is 10.4. The van der Waals surface area contributed by atoms with Crippen LogP contribution in [0.2, 0.25) is 5.02 Å². The van der Waals surface area contributed by atoms with Crippen molar-refractivity contribution in [2.45, 2.75) is 6.92 Å². The van der Waals surface area contributed by atoms with Gasteiger partial charge in [-0.05, 0) is 43.3 Å². The van der Waals surface area contributed by atoms with Gasteiger partial charge in [-0.1, -0.05) is 23.7 Å². The molecule has 0 fully saturated rings. The second kappa shape index (κ2) is 7.27. The number of nitrogens with one attached hydrogen (secondary N) is 2. The number of aromatic nitrogens is 2. The molecule has 0 bridgehead atoms. The van der Waals surface area contributed by atoms with Gasteiger partial charge in [-0.2, -0.15) is 0 Å². The Kier molecular flexibility index (Phi) is 4.90. The highest BCUT2D eigenvalue weighted by Crippen LogP contribution is 2.18. The molecule has 2 aromatic carbocycles. The van der Waals surface area contributed by atoms with Crippen LogP contribution in [0.1, 0.15) is 16.3 Å². The molecule has 0 radical (unpaired) electrons. The molecule has 0 atom stereocenters. The molecule has 0 unspecified atom stereocenters. The van der Waals surface area contributed by atoms with E-state index in [0.29, 0.717) is 28.0 Å². The largest absolute Gasteiger partial charge is 0.340 e. The predicted octanol–water partition coefficient (Wildman–Crippen LogP) is 4.57. The Morgan fingerprint density at radius 2 is 1.80 bits per heavy atom. The van der Waals surface area contributed by atoms with Crippen LogP contribution in [0.4, 0.5) is 21.6 Å². The number of hydrogen-bond acceptors (Lipinski definition) is 4. The first-order chi connectivity index (χ1) is 12.0. The number of nitrogens with zero attached hydrogens (tertiary/aromatic N) is 2. The summed E-state index contributed by atoms with van der Waals surface area (Å²) in [7, 11) is 0. The minimum Gasteiger partial charge on any atom is -0.340 e. The number of rotatable bonds is 4. The molecule has 126 valence electrons. The highest BCUT2D eigenvalue weighted by atomic mass is 35.5. The fourth-order valence-corrected chi connectivity index (χ4v) is 2.41. The van der Waals surface area contributed by atoms with Crippen LogP contribution in [0, 0.1) is 12.7 Å². The Hall–Kier alpha value is -2.99. The molecular weight excluding hydrogens is 343 g/mol. The van der Waals surface area contributed by atoms with Crippen LogP contribution in [0.25, 0.3) is 0 Å². The average molecular weight is 357 g/mol. The van der Waals surface area contributed by atoms with E-state index in [1.165, 1.54) is 18.2 Å². The van der Waals surface area contributed by atoms with E-state index in [1.807, 2.05) is 0 Å². The van der Waals surface area contributed by atoms with Gasteiger partial charge >= 0.3 is 0 Å². The van der Waals surface area contributed by atoms with E-state index in [1.54, 1.807) is 43.3 Å². The molecule has 2 N–H and O–H groups in total. The number of carbonyl (C=O) groups is 1. The smallest absolute Gasteiger partial charge is 0.274 e. The van der Waals surface area contributed by atoms with Gasteiger partial charge in [0.25, 0.3) is 5.91 Å². The summed E-state index contributed by atoms with van der Waals surface area (Å²) in [6, 6.07) is 14.3. The second-order valence-electron chi connectivity index (χ2n) is 5.29. The first-order valence-corrected chi connectivity index (χ1v) is 7.82. The lowest BCUT2D eigenvalue weighted by molar-refractivity contribution is 0.102. The molecule has 1 aromatic heterocycles. The molecule has 3 rings (SSSR count). The van der Waals surface area contributed by atoms with E-state index in [4.69, 9.17) is 11.6 Å². The number of halogens is 2. The third-order valence-electron chi connectivity index (χ3n) is 3.25. The maximum Gasteiger partial charge on any atom is 0.274 e. The Morgan fingerprint density at radius 1 is 1.04 bits per heavy atom. The van der Waals surface area contributed by atoms with Gasteiger partial charge in [0, 0.05) is 22.5 Å². The van der Waals surface area contributed by atoms with Gasteiger partial charge in [-0.25, -0.2) is 14.4 Å². The van der Waals surface area contributed by atoms with Crippen LogP contribution in [-0.2, 0) is 0 Å². The lowest BCUT2D eigenvalue weighted by Gasteiger charge is -2.09. The topological polar surface area (TPSA) is 66.9 Å². The van der Waals surface area contributed by atoms with E-state index in [2.05, 4.69) is 20.6 Å². The van der Waals surface area contributed by atoms with E-state index in [-0.39, 0.29) is 11.5 Å². The summed E-state index contributed by atoms with van der Waals surface area (Å²) in [5, 5.41) is 6.21. The van der Waals surface area contributed by atoms with E-state index in [0.717, 1.165) is 0 Å². The molecule has 0 spiro atoms. The number of aryl methyl sites for hydroxylation is 1. The summed E-state index contributed by atoms with van der Waals surface area (Å²) in [5.74, 6) is 0.0525. The van der Waals surface area contributed by atoms with Crippen molar-refractivity contribution in [3.8, 4) is 0 Å². The summed E-state index contributed by atoms with van der Waals surface area (Å²) < 4.78 is 13.3. The highest BCUT2D eigenvalue weighted by Gasteiger charge is 2.11. The quantitative estimate of drug-likeness (QED) is 0.718. The molecule has 5 nitrogen and oxygen atoms in total. The molecule has 0 saturated heterocycles. The van der Waals surface area contributed by atoms with Gasteiger partial charge in [0.2, 0.25) is 0 Å².